The number of carbonyl (C=O) groups is 1. The van der Waals surface area contributed by atoms with E-state index in [9.17, 15) is 4.79 Å². The fourth-order valence-electron chi connectivity index (χ4n) is 3.01. The SMILES string of the molecule is CCN(CC)C(CNC(=O)c1ccc(CSC)cc1)c1ccccc1. The number of hydrogen-bond donors (Lipinski definition) is 1. The lowest BCUT2D eigenvalue weighted by Crippen LogP contribution is -2.38. The third kappa shape index (κ3) is 5.62. The van der Waals surface area contributed by atoms with Gasteiger partial charge in [-0.2, -0.15) is 11.8 Å². The van der Waals surface area contributed by atoms with Crippen LogP contribution in [0.5, 0.6) is 0 Å². The molecule has 0 aliphatic heterocycles. The van der Waals surface area contributed by atoms with E-state index in [-0.39, 0.29) is 11.9 Å². The Kier molecular flexibility index (Phi) is 8.02. The van der Waals surface area contributed by atoms with Gasteiger partial charge in [0.25, 0.3) is 5.91 Å². The number of thioether (sulfide) groups is 1. The van der Waals surface area contributed by atoms with E-state index >= 15 is 0 Å². The summed E-state index contributed by atoms with van der Waals surface area (Å²) in [5, 5.41) is 3.11. The van der Waals surface area contributed by atoms with Crippen molar-refractivity contribution in [3.63, 3.8) is 0 Å². The van der Waals surface area contributed by atoms with Crippen LogP contribution >= 0.6 is 11.8 Å². The van der Waals surface area contributed by atoms with Gasteiger partial charge < -0.3 is 5.32 Å². The average Bonchev–Trinajstić information content (AvgIpc) is 2.66. The average molecular weight is 357 g/mol. The smallest absolute Gasteiger partial charge is 0.251 e. The second-order valence-corrected chi connectivity index (χ2v) is 6.85. The van der Waals surface area contributed by atoms with Crippen LogP contribution in [-0.4, -0.2) is 36.7 Å². The van der Waals surface area contributed by atoms with Gasteiger partial charge in [0.15, 0.2) is 0 Å². The van der Waals surface area contributed by atoms with Crippen LogP contribution in [0.4, 0.5) is 0 Å². The van der Waals surface area contributed by atoms with Crippen LogP contribution in [-0.2, 0) is 5.75 Å². The minimum absolute atomic E-state index is 0.0104. The highest BCUT2D eigenvalue weighted by Gasteiger charge is 2.18. The van der Waals surface area contributed by atoms with Crippen LogP contribution < -0.4 is 5.32 Å². The molecular formula is C21H28N2OS. The Labute approximate surface area is 155 Å². The zero-order valence-electron chi connectivity index (χ0n) is 15.4. The summed E-state index contributed by atoms with van der Waals surface area (Å²) in [6.07, 6.45) is 2.08. The van der Waals surface area contributed by atoms with Gasteiger partial charge in [-0.25, -0.2) is 0 Å². The highest BCUT2D eigenvalue weighted by atomic mass is 32.2. The quantitative estimate of drug-likeness (QED) is 0.724. The molecule has 2 rings (SSSR count). The summed E-state index contributed by atoms with van der Waals surface area (Å²) < 4.78 is 0. The van der Waals surface area contributed by atoms with Gasteiger partial charge in [-0.1, -0.05) is 56.3 Å². The summed E-state index contributed by atoms with van der Waals surface area (Å²) >= 11 is 1.78. The fourth-order valence-corrected chi connectivity index (χ4v) is 3.53. The van der Waals surface area contributed by atoms with E-state index in [0.29, 0.717) is 6.54 Å². The molecule has 2 aromatic rings. The summed E-state index contributed by atoms with van der Waals surface area (Å²) in [6, 6.07) is 18.5. The summed E-state index contributed by atoms with van der Waals surface area (Å²) in [7, 11) is 0. The van der Waals surface area contributed by atoms with Gasteiger partial charge in [-0.05, 0) is 42.6 Å². The van der Waals surface area contributed by atoms with Crippen LogP contribution in [0, 0.1) is 0 Å². The lowest BCUT2D eigenvalue weighted by atomic mass is 10.0. The molecule has 0 aliphatic carbocycles. The van der Waals surface area contributed by atoms with Crippen LogP contribution in [0.2, 0.25) is 0 Å². The molecule has 134 valence electrons. The molecule has 0 radical (unpaired) electrons. The van der Waals surface area contributed by atoms with Gasteiger partial charge >= 0.3 is 0 Å². The molecule has 0 saturated heterocycles. The minimum atomic E-state index is -0.0104. The molecule has 0 spiro atoms. The summed E-state index contributed by atoms with van der Waals surface area (Å²) in [5.41, 5.74) is 3.20. The zero-order chi connectivity index (χ0) is 18.1. The number of amides is 1. The second-order valence-electron chi connectivity index (χ2n) is 5.99. The van der Waals surface area contributed by atoms with Crippen molar-refractivity contribution < 1.29 is 4.79 Å². The molecule has 3 nitrogen and oxygen atoms in total. The van der Waals surface area contributed by atoms with E-state index in [1.54, 1.807) is 11.8 Å². The van der Waals surface area contributed by atoms with Crippen molar-refractivity contribution in [3.05, 3.63) is 71.3 Å². The Morgan fingerprint density at radius 2 is 1.68 bits per heavy atom. The number of nitrogens with zero attached hydrogens (tertiary/aromatic N) is 1. The van der Waals surface area contributed by atoms with Crippen LogP contribution in [0.3, 0.4) is 0 Å². The molecule has 0 fully saturated rings. The number of hydrogen-bond acceptors (Lipinski definition) is 3. The fraction of sp³-hybridized carbons (Fsp3) is 0.381. The van der Waals surface area contributed by atoms with Gasteiger partial charge in [-0.3, -0.25) is 9.69 Å². The highest BCUT2D eigenvalue weighted by molar-refractivity contribution is 7.97. The predicted molar refractivity (Wildman–Crippen MR) is 108 cm³/mol. The summed E-state index contributed by atoms with van der Waals surface area (Å²) in [5.74, 6) is 0.962. The van der Waals surface area contributed by atoms with E-state index in [4.69, 9.17) is 0 Å². The first-order valence-corrected chi connectivity index (χ1v) is 10.2. The third-order valence-electron chi connectivity index (χ3n) is 4.42. The second kappa shape index (κ2) is 10.3. The minimum Gasteiger partial charge on any atom is -0.350 e. The molecule has 2 aromatic carbocycles. The molecule has 1 atom stereocenters. The van der Waals surface area contributed by atoms with Crippen molar-refractivity contribution in [1.29, 1.82) is 0 Å². The molecule has 0 aromatic heterocycles. The number of nitrogens with one attached hydrogen (secondary N) is 1. The predicted octanol–water partition coefficient (Wildman–Crippen LogP) is 4.36. The molecule has 0 bridgehead atoms. The van der Waals surface area contributed by atoms with E-state index in [1.807, 2.05) is 30.3 Å². The van der Waals surface area contributed by atoms with Gasteiger partial charge in [0.05, 0.1) is 6.04 Å². The first-order chi connectivity index (χ1) is 12.2. The van der Waals surface area contributed by atoms with Gasteiger partial charge in [-0.15, -0.1) is 0 Å². The topological polar surface area (TPSA) is 32.3 Å². The first-order valence-electron chi connectivity index (χ1n) is 8.84. The Balaban J connectivity index is 2.05. The molecular weight excluding hydrogens is 328 g/mol. The normalized spacial score (nSPS) is 12.2. The monoisotopic (exact) mass is 356 g/mol. The molecule has 1 N–H and O–H groups in total. The summed E-state index contributed by atoms with van der Waals surface area (Å²) in [4.78, 5) is 14.9. The van der Waals surface area contributed by atoms with Crippen molar-refractivity contribution in [2.45, 2.75) is 25.6 Å². The lowest BCUT2D eigenvalue weighted by Gasteiger charge is -2.30. The molecule has 4 heteroatoms. The Morgan fingerprint density at radius 3 is 2.24 bits per heavy atom. The first kappa shape index (κ1) is 19.5. The van der Waals surface area contributed by atoms with Gasteiger partial charge in [0, 0.05) is 17.9 Å². The van der Waals surface area contributed by atoms with Crippen molar-refractivity contribution >= 4 is 17.7 Å². The van der Waals surface area contributed by atoms with E-state index in [2.05, 4.69) is 54.6 Å². The van der Waals surface area contributed by atoms with Crippen molar-refractivity contribution in [2.75, 3.05) is 25.9 Å². The Morgan fingerprint density at radius 1 is 1.04 bits per heavy atom. The van der Waals surface area contributed by atoms with Gasteiger partial charge in [0.1, 0.15) is 0 Å². The highest BCUT2D eigenvalue weighted by Crippen LogP contribution is 2.19. The van der Waals surface area contributed by atoms with Crippen LogP contribution in [0.25, 0.3) is 0 Å². The van der Waals surface area contributed by atoms with Crippen molar-refractivity contribution in [1.82, 2.24) is 10.2 Å². The largest absolute Gasteiger partial charge is 0.350 e. The Bertz CT molecular complexity index is 639. The molecule has 1 amide bonds. The van der Waals surface area contributed by atoms with E-state index in [0.717, 1.165) is 24.4 Å². The third-order valence-corrected chi connectivity index (χ3v) is 5.04. The molecule has 0 saturated carbocycles. The molecule has 0 aliphatic rings. The maximum Gasteiger partial charge on any atom is 0.251 e. The van der Waals surface area contributed by atoms with Crippen molar-refractivity contribution in [2.24, 2.45) is 0 Å². The number of benzene rings is 2. The van der Waals surface area contributed by atoms with Crippen LogP contribution in [0.15, 0.2) is 54.6 Å². The number of rotatable bonds is 9. The lowest BCUT2D eigenvalue weighted by molar-refractivity contribution is 0.0935. The maximum absolute atomic E-state index is 12.5. The summed E-state index contributed by atoms with van der Waals surface area (Å²) in [6.45, 7) is 6.83. The van der Waals surface area contributed by atoms with Crippen molar-refractivity contribution in [3.8, 4) is 0 Å². The molecule has 0 heterocycles. The Hall–Kier alpha value is -1.78. The van der Waals surface area contributed by atoms with E-state index in [1.165, 1.54) is 11.1 Å². The van der Waals surface area contributed by atoms with E-state index < -0.39 is 0 Å². The molecule has 1 unspecified atom stereocenters. The number of likely N-dealkylation sites (N-methyl/N-ethyl adjacent to an activating group) is 1. The van der Waals surface area contributed by atoms with Gasteiger partial charge in [0.2, 0.25) is 0 Å². The number of carbonyl (C=O) groups excluding carboxylic acids is 1. The standard InChI is InChI=1S/C21H28N2OS/c1-4-23(5-2)20(18-9-7-6-8-10-18)15-22-21(24)19-13-11-17(12-14-19)16-25-3/h6-14,20H,4-5,15-16H2,1-3H3,(H,22,24). The zero-order valence-corrected chi connectivity index (χ0v) is 16.2. The maximum atomic E-state index is 12.5. The molecule has 25 heavy (non-hydrogen) atoms. The van der Waals surface area contributed by atoms with Crippen LogP contribution in [0.1, 0.15) is 41.4 Å².